The van der Waals surface area contributed by atoms with E-state index in [1.54, 1.807) is 4.90 Å². The number of piperazine rings is 1. The van der Waals surface area contributed by atoms with Gasteiger partial charge in [0.15, 0.2) is 0 Å². The van der Waals surface area contributed by atoms with Crippen molar-refractivity contribution >= 4 is 6.09 Å². The first-order valence-corrected chi connectivity index (χ1v) is 7.51. The number of rotatable bonds is 1. The van der Waals surface area contributed by atoms with Crippen LogP contribution in [0.4, 0.5) is 4.79 Å². The molecule has 0 aromatic heterocycles. The lowest BCUT2D eigenvalue weighted by Crippen LogP contribution is -2.57. The van der Waals surface area contributed by atoms with Crippen LogP contribution in [0.3, 0.4) is 0 Å². The topological polar surface area (TPSA) is 56.6 Å². The molecule has 20 heavy (non-hydrogen) atoms. The first-order valence-electron chi connectivity index (χ1n) is 7.51. The quantitative estimate of drug-likeness (QED) is 0.739. The number of nitrogens with zero attached hydrogens (tertiary/aromatic N) is 3. The molecule has 2 fully saturated rings. The number of hydrogen-bond donors (Lipinski definition) is 0. The van der Waals surface area contributed by atoms with Gasteiger partial charge in [-0.1, -0.05) is 12.8 Å². The van der Waals surface area contributed by atoms with Crippen LogP contribution in [0.25, 0.3) is 0 Å². The van der Waals surface area contributed by atoms with E-state index in [4.69, 9.17) is 4.74 Å². The van der Waals surface area contributed by atoms with E-state index < -0.39 is 5.60 Å². The molecule has 1 aliphatic heterocycles. The van der Waals surface area contributed by atoms with Crippen LogP contribution in [-0.4, -0.2) is 53.2 Å². The van der Waals surface area contributed by atoms with Crippen molar-refractivity contribution in [3.8, 4) is 6.07 Å². The van der Waals surface area contributed by atoms with Gasteiger partial charge in [-0.3, -0.25) is 4.90 Å². The summed E-state index contributed by atoms with van der Waals surface area (Å²) in [5.74, 6) is 0. The van der Waals surface area contributed by atoms with E-state index in [0.29, 0.717) is 13.1 Å². The van der Waals surface area contributed by atoms with E-state index in [9.17, 15) is 10.1 Å². The Morgan fingerprint density at radius 3 is 2.15 bits per heavy atom. The summed E-state index contributed by atoms with van der Waals surface area (Å²) in [7, 11) is 0. The summed E-state index contributed by atoms with van der Waals surface area (Å²) in [5.41, 5.74) is -0.729. The van der Waals surface area contributed by atoms with Gasteiger partial charge in [-0.15, -0.1) is 0 Å². The van der Waals surface area contributed by atoms with Crippen LogP contribution in [0.2, 0.25) is 0 Å². The Balaban J connectivity index is 1.89. The summed E-state index contributed by atoms with van der Waals surface area (Å²) >= 11 is 0. The van der Waals surface area contributed by atoms with Crippen LogP contribution in [0, 0.1) is 11.3 Å². The van der Waals surface area contributed by atoms with Crippen molar-refractivity contribution in [2.75, 3.05) is 26.2 Å². The first kappa shape index (κ1) is 15.1. The first-order chi connectivity index (χ1) is 9.36. The predicted molar refractivity (Wildman–Crippen MR) is 76.2 cm³/mol. The maximum Gasteiger partial charge on any atom is 0.410 e. The molecule has 112 valence electrons. The number of ether oxygens (including phenoxy) is 1. The highest BCUT2D eigenvalue weighted by Crippen LogP contribution is 2.35. The average molecular weight is 279 g/mol. The Bertz CT molecular complexity index is 394. The highest BCUT2D eigenvalue weighted by molar-refractivity contribution is 5.68. The van der Waals surface area contributed by atoms with Gasteiger partial charge in [0, 0.05) is 26.2 Å². The third-order valence-corrected chi connectivity index (χ3v) is 4.18. The molecule has 0 radical (unpaired) electrons. The third kappa shape index (κ3) is 3.24. The highest BCUT2D eigenvalue weighted by Gasteiger charge is 2.41. The molecule has 0 spiro atoms. The molecule has 0 N–H and O–H groups in total. The molecule has 5 nitrogen and oxygen atoms in total. The molecule has 2 aliphatic rings. The standard InChI is InChI=1S/C15H25N3O2/c1-14(2,3)20-13(19)17-8-10-18(11-9-17)15(12-16)6-4-5-7-15/h4-11H2,1-3H3. The van der Waals surface area contributed by atoms with Gasteiger partial charge in [0.2, 0.25) is 0 Å². The summed E-state index contributed by atoms with van der Waals surface area (Å²) in [5, 5.41) is 9.50. The molecule has 1 heterocycles. The number of carbonyl (C=O) groups excluding carboxylic acids is 1. The van der Waals surface area contributed by atoms with Crippen molar-refractivity contribution in [3.63, 3.8) is 0 Å². The van der Waals surface area contributed by atoms with E-state index in [0.717, 1.165) is 38.8 Å². The van der Waals surface area contributed by atoms with Crippen LogP contribution in [0.15, 0.2) is 0 Å². The summed E-state index contributed by atoms with van der Waals surface area (Å²) in [6, 6.07) is 2.52. The molecular formula is C15H25N3O2. The van der Waals surface area contributed by atoms with Crippen molar-refractivity contribution in [2.24, 2.45) is 0 Å². The number of amides is 1. The molecule has 0 bridgehead atoms. The number of nitriles is 1. The molecule has 1 amide bonds. The van der Waals surface area contributed by atoms with Gasteiger partial charge in [0.1, 0.15) is 11.1 Å². The van der Waals surface area contributed by atoms with E-state index >= 15 is 0 Å². The second kappa shape index (κ2) is 5.61. The molecule has 0 aromatic carbocycles. The Morgan fingerprint density at radius 1 is 1.15 bits per heavy atom. The lowest BCUT2D eigenvalue weighted by Gasteiger charge is -2.42. The summed E-state index contributed by atoms with van der Waals surface area (Å²) in [4.78, 5) is 16.0. The third-order valence-electron chi connectivity index (χ3n) is 4.18. The lowest BCUT2D eigenvalue weighted by atomic mass is 9.96. The Labute approximate surface area is 121 Å². The minimum absolute atomic E-state index is 0.241. The molecule has 1 saturated heterocycles. The second-order valence-electron chi connectivity index (χ2n) is 6.80. The molecule has 0 aromatic rings. The lowest BCUT2D eigenvalue weighted by molar-refractivity contribution is 0.00512. The van der Waals surface area contributed by atoms with Crippen molar-refractivity contribution in [1.82, 2.24) is 9.80 Å². The molecule has 0 unspecified atom stereocenters. The van der Waals surface area contributed by atoms with Gasteiger partial charge in [-0.05, 0) is 33.6 Å². The van der Waals surface area contributed by atoms with Crippen LogP contribution < -0.4 is 0 Å². The van der Waals surface area contributed by atoms with Gasteiger partial charge < -0.3 is 9.64 Å². The minimum atomic E-state index is -0.451. The van der Waals surface area contributed by atoms with Crippen LogP contribution in [-0.2, 0) is 4.74 Å². The van der Waals surface area contributed by atoms with Gasteiger partial charge >= 0.3 is 6.09 Å². The molecule has 1 aliphatic carbocycles. The zero-order valence-corrected chi connectivity index (χ0v) is 12.8. The van der Waals surface area contributed by atoms with Gasteiger partial charge in [0.25, 0.3) is 0 Å². The number of hydrogen-bond acceptors (Lipinski definition) is 4. The van der Waals surface area contributed by atoms with E-state index in [2.05, 4.69) is 11.0 Å². The van der Waals surface area contributed by atoms with Gasteiger partial charge in [-0.2, -0.15) is 5.26 Å². The van der Waals surface area contributed by atoms with Crippen molar-refractivity contribution in [2.45, 2.75) is 57.6 Å². The summed E-state index contributed by atoms with van der Waals surface area (Å²) in [6.07, 6.45) is 3.97. The minimum Gasteiger partial charge on any atom is -0.444 e. The number of carbonyl (C=O) groups is 1. The largest absolute Gasteiger partial charge is 0.444 e. The summed E-state index contributed by atoms with van der Waals surface area (Å²) in [6.45, 7) is 8.48. The van der Waals surface area contributed by atoms with E-state index in [1.807, 2.05) is 20.8 Å². The van der Waals surface area contributed by atoms with Crippen molar-refractivity contribution in [3.05, 3.63) is 0 Å². The fourth-order valence-corrected chi connectivity index (χ4v) is 3.10. The Kier molecular flexibility index (Phi) is 4.24. The molecule has 2 rings (SSSR count). The molecule has 5 heteroatoms. The van der Waals surface area contributed by atoms with Crippen molar-refractivity contribution < 1.29 is 9.53 Å². The van der Waals surface area contributed by atoms with Gasteiger partial charge in [-0.25, -0.2) is 4.79 Å². The van der Waals surface area contributed by atoms with E-state index in [-0.39, 0.29) is 11.6 Å². The molecule has 1 saturated carbocycles. The zero-order valence-electron chi connectivity index (χ0n) is 12.8. The molecular weight excluding hydrogens is 254 g/mol. The monoisotopic (exact) mass is 279 g/mol. The average Bonchev–Trinajstić information content (AvgIpc) is 2.87. The van der Waals surface area contributed by atoms with Crippen LogP contribution in [0.5, 0.6) is 0 Å². The Hall–Kier alpha value is -1.28. The SMILES string of the molecule is CC(C)(C)OC(=O)N1CCN(C2(C#N)CCCC2)CC1. The summed E-state index contributed by atoms with van der Waals surface area (Å²) < 4.78 is 5.39. The Morgan fingerprint density at radius 2 is 1.70 bits per heavy atom. The highest BCUT2D eigenvalue weighted by atomic mass is 16.6. The van der Waals surface area contributed by atoms with Crippen LogP contribution >= 0.6 is 0 Å². The maximum absolute atomic E-state index is 12.0. The fraction of sp³-hybridized carbons (Fsp3) is 0.867. The second-order valence-corrected chi connectivity index (χ2v) is 6.80. The predicted octanol–water partition coefficient (Wildman–Crippen LogP) is 2.38. The van der Waals surface area contributed by atoms with Crippen molar-refractivity contribution in [1.29, 1.82) is 5.26 Å². The van der Waals surface area contributed by atoms with E-state index in [1.165, 1.54) is 0 Å². The fourth-order valence-electron chi connectivity index (χ4n) is 3.10. The molecule has 0 atom stereocenters. The van der Waals surface area contributed by atoms with Crippen LogP contribution in [0.1, 0.15) is 46.5 Å². The maximum atomic E-state index is 12.0. The van der Waals surface area contributed by atoms with Gasteiger partial charge in [0.05, 0.1) is 6.07 Å². The normalized spacial score (nSPS) is 23.4. The zero-order chi connectivity index (χ0) is 14.8. The smallest absolute Gasteiger partial charge is 0.410 e.